The Bertz CT molecular complexity index is 617. The molecule has 1 aromatic carbocycles. The largest absolute Gasteiger partial charge is 0.381 e. The summed E-state index contributed by atoms with van der Waals surface area (Å²) in [5.74, 6) is -0.695. The summed E-state index contributed by atoms with van der Waals surface area (Å²) >= 11 is 0. The topological polar surface area (TPSA) is 60.4 Å². The predicted molar refractivity (Wildman–Crippen MR) is 82.6 cm³/mol. The van der Waals surface area contributed by atoms with Crippen molar-refractivity contribution in [3.05, 3.63) is 34.4 Å². The number of Topliss-reactive ketones (excluding diaryl/α,β-unsaturated/α-hetero) is 1. The van der Waals surface area contributed by atoms with E-state index in [1.165, 1.54) is 0 Å². The minimum atomic E-state index is -3.40. The molecule has 0 unspecified atom stereocenters. The zero-order valence-corrected chi connectivity index (χ0v) is 13.6. The van der Waals surface area contributed by atoms with Crippen LogP contribution in [0.15, 0.2) is 12.1 Å². The van der Waals surface area contributed by atoms with Gasteiger partial charge in [-0.2, -0.15) is 0 Å². The summed E-state index contributed by atoms with van der Waals surface area (Å²) < 4.78 is 30.0. The summed E-state index contributed by atoms with van der Waals surface area (Å²) in [6, 6.07) is 3.84. The van der Waals surface area contributed by atoms with Crippen molar-refractivity contribution in [1.29, 1.82) is 0 Å². The molecule has 0 bridgehead atoms. The van der Waals surface area contributed by atoms with Gasteiger partial charge < -0.3 is 4.74 Å². The van der Waals surface area contributed by atoms with Gasteiger partial charge >= 0.3 is 0 Å². The van der Waals surface area contributed by atoms with Gasteiger partial charge in [-0.15, -0.1) is 0 Å². The second-order valence-electron chi connectivity index (χ2n) is 5.82. The van der Waals surface area contributed by atoms with Crippen LogP contribution < -0.4 is 0 Å². The molecule has 0 aromatic heterocycles. The Morgan fingerprint density at radius 1 is 1.14 bits per heavy atom. The molecule has 116 valence electrons. The number of hydrogen-bond donors (Lipinski definition) is 0. The molecule has 1 fully saturated rings. The first kappa shape index (κ1) is 16.2. The van der Waals surface area contributed by atoms with Crippen molar-refractivity contribution in [2.24, 2.45) is 0 Å². The number of benzene rings is 1. The highest BCUT2D eigenvalue weighted by Gasteiger charge is 2.30. The van der Waals surface area contributed by atoms with E-state index < -0.39 is 20.8 Å². The third-order valence-electron chi connectivity index (χ3n) is 3.96. The Hall–Kier alpha value is -1.20. The summed E-state index contributed by atoms with van der Waals surface area (Å²) in [6.45, 7) is 6.59. The lowest BCUT2D eigenvalue weighted by atomic mass is 9.97. The molecule has 0 radical (unpaired) electrons. The molecule has 0 N–H and O–H groups in total. The summed E-state index contributed by atoms with van der Waals surface area (Å²) in [5, 5.41) is -0.443. The van der Waals surface area contributed by atoms with Crippen LogP contribution in [-0.2, 0) is 14.6 Å². The maximum Gasteiger partial charge on any atom is 0.178 e. The van der Waals surface area contributed by atoms with Crippen LogP contribution in [0.4, 0.5) is 0 Å². The molecule has 21 heavy (non-hydrogen) atoms. The average molecular weight is 310 g/mol. The molecule has 0 spiro atoms. The Balaban J connectivity index is 2.21. The van der Waals surface area contributed by atoms with Crippen LogP contribution >= 0.6 is 0 Å². The molecular formula is C16H22O4S. The maximum absolute atomic E-state index is 12.4. The lowest BCUT2D eigenvalue weighted by Crippen LogP contribution is -2.33. The van der Waals surface area contributed by atoms with Gasteiger partial charge in [-0.3, -0.25) is 4.79 Å². The molecule has 0 saturated carbocycles. The first-order valence-electron chi connectivity index (χ1n) is 7.21. The Labute approximate surface area is 126 Å². The first-order chi connectivity index (χ1) is 9.81. The van der Waals surface area contributed by atoms with E-state index in [-0.39, 0.29) is 5.78 Å². The van der Waals surface area contributed by atoms with Gasteiger partial charge in [0.15, 0.2) is 15.6 Å². The smallest absolute Gasteiger partial charge is 0.178 e. The number of rotatable bonds is 4. The highest BCUT2D eigenvalue weighted by atomic mass is 32.2. The van der Waals surface area contributed by atoms with Gasteiger partial charge in [-0.25, -0.2) is 8.42 Å². The van der Waals surface area contributed by atoms with Crippen molar-refractivity contribution in [2.45, 2.75) is 38.9 Å². The fraction of sp³-hybridized carbons (Fsp3) is 0.562. The molecule has 1 heterocycles. The van der Waals surface area contributed by atoms with E-state index in [4.69, 9.17) is 4.74 Å². The summed E-state index contributed by atoms with van der Waals surface area (Å²) in [4.78, 5) is 12.4. The standard InChI is InChI=1S/C16H22O4S/c1-11-8-12(2)16(13(3)9-11)15(17)10-21(18,19)14-4-6-20-7-5-14/h8-9,14H,4-7,10H2,1-3H3. The minimum absolute atomic E-state index is 0.295. The Kier molecular flexibility index (Phi) is 4.84. The first-order valence-corrected chi connectivity index (χ1v) is 8.93. The van der Waals surface area contributed by atoms with Crippen LogP contribution in [0.2, 0.25) is 0 Å². The van der Waals surface area contributed by atoms with E-state index in [1.807, 2.05) is 32.9 Å². The van der Waals surface area contributed by atoms with E-state index >= 15 is 0 Å². The molecule has 1 saturated heterocycles. The van der Waals surface area contributed by atoms with Crippen molar-refractivity contribution >= 4 is 15.6 Å². The van der Waals surface area contributed by atoms with Crippen molar-refractivity contribution in [1.82, 2.24) is 0 Å². The molecule has 2 rings (SSSR count). The van der Waals surface area contributed by atoms with Crippen LogP contribution in [0.25, 0.3) is 0 Å². The third kappa shape index (κ3) is 3.71. The van der Waals surface area contributed by atoms with Gasteiger partial charge in [0.1, 0.15) is 5.75 Å². The molecule has 0 amide bonds. The van der Waals surface area contributed by atoms with Crippen LogP contribution in [-0.4, -0.2) is 38.4 Å². The average Bonchev–Trinajstić information content (AvgIpc) is 2.37. The zero-order valence-electron chi connectivity index (χ0n) is 12.8. The van der Waals surface area contributed by atoms with Gasteiger partial charge in [0.05, 0.1) is 5.25 Å². The Morgan fingerprint density at radius 2 is 1.67 bits per heavy atom. The van der Waals surface area contributed by atoms with Crippen LogP contribution in [0.5, 0.6) is 0 Å². The predicted octanol–water partition coefficient (Wildman–Crippen LogP) is 2.39. The molecule has 0 atom stereocenters. The molecular weight excluding hydrogens is 288 g/mol. The number of carbonyl (C=O) groups excluding carboxylic acids is 1. The van der Waals surface area contributed by atoms with E-state index in [2.05, 4.69) is 0 Å². The van der Waals surface area contributed by atoms with Gasteiger partial charge in [0, 0.05) is 18.8 Å². The monoisotopic (exact) mass is 310 g/mol. The fourth-order valence-electron chi connectivity index (χ4n) is 3.03. The molecule has 1 aliphatic heterocycles. The van der Waals surface area contributed by atoms with Crippen molar-refractivity contribution in [2.75, 3.05) is 19.0 Å². The zero-order chi connectivity index (χ0) is 15.6. The summed E-state index contributed by atoms with van der Waals surface area (Å²) in [6.07, 6.45) is 0.975. The number of sulfone groups is 1. The maximum atomic E-state index is 12.4. The second-order valence-corrected chi connectivity index (χ2v) is 8.10. The molecule has 5 heteroatoms. The fourth-order valence-corrected chi connectivity index (χ4v) is 4.68. The molecule has 1 aliphatic rings. The van der Waals surface area contributed by atoms with E-state index in [0.717, 1.165) is 16.7 Å². The number of ketones is 1. The van der Waals surface area contributed by atoms with Gasteiger partial charge in [-0.1, -0.05) is 17.7 Å². The third-order valence-corrected chi connectivity index (χ3v) is 6.12. The van der Waals surface area contributed by atoms with Gasteiger partial charge in [-0.05, 0) is 44.7 Å². The second kappa shape index (κ2) is 6.28. The Morgan fingerprint density at radius 3 is 2.19 bits per heavy atom. The normalized spacial score (nSPS) is 16.9. The SMILES string of the molecule is Cc1cc(C)c(C(=O)CS(=O)(=O)C2CCOCC2)c(C)c1. The number of aryl methyl sites for hydroxylation is 3. The quantitative estimate of drug-likeness (QED) is 0.801. The van der Waals surface area contributed by atoms with E-state index in [1.54, 1.807) is 0 Å². The number of ether oxygens (including phenoxy) is 1. The molecule has 4 nitrogen and oxygen atoms in total. The summed E-state index contributed by atoms with van der Waals surface area (Å²) in [5.41, 5.74) is 3.32. The molecule has 0 aliphatic carbocycles. The minimum Gasteiger partial charge on any atom is -0.381 e. The van der Waals surface area contributed by atoms with Crippen molar-refractivity contribution in [3.8, 4) is 0 Å². The van der Waals surface area contributed by atoms with E-state index in [0.29, 0.717) is 31.6 Å². The van der Waals surface area contributed by atoms with E-state index in [9.17, 15) is 13.2 Å². The van der Waals surface area contributed by atoms with Crippen LogP contribution in [0, 0.1) is 20.8 Å². The number of hydrogen-bond acceptors (Lipinski definition) is 4. The summed E-state index contributed by atoms with van der Waals surface area (Å²) in [7, 11) is -3.40. The molecule has 1 aromatic rings. The van der Waals surface area contributed by atoms with Crippen LogP contribution in [0.3, 0.4) is 0 Å². The lowest BCUT2D eigenvalue weighted by Gasteiger charge is -2.22. The van der Waals surface area contributed by atoms with Gasteiger partial charge in [0.25, 0.3) is 0 Å². The highest BCUT2D eigenvalue weighted by molar-refractivity contribution is 7.92. The van der Waals surface area contributed by atoms with Crippen molar-refractivity contribution < 1.29 is 17.9 Å². The lowest BCUT2D eigenvalue weighted by molar-refractivity contribution is 0.0971. The number of carbonyl (C=O) groups is 1. The van der Waals surface area contributed by atoms with Gasteiger partial charge in [0.2, 0.25) is 0 Å². The van der Waals surface area contributed by atoms with Crippen LogP contribution in [0.1, 0.15) is 39.9 Å². The highest BCUT2D eigenvalue weighted by Crippen LogP contribution is 2.21. The van der Waals surface area contributed by atoms with Crippen molar-refractivity contribution in [3.63, 3.8) is 0 Å².